The van der Waals surface area contributed by atoms with Crippen molar-refractivity contribution >= 4 is 40.0 Å². The van der Waals surface area contributed by atoms with Crippen molar-refractivity contribution < 1.29 is 9.18 Å². The molecule has 0 aliphatic heterocycles. The largest absolute Gasteiger partial charge is 0.294 e. The van der Waals surface area contributed by atoms with Crippen LogP contribution in [0.15, 0.2) is 12.1 Å². The van der Waals surface area contributed by atoms with Gasteiger partial charge in [0.25, 0.3) is 0 Å². The van der Waals surface area contributed by atoms with Crippen LogP contribution in [0.5, 0.6) is 0 Å². The van der Waals surface area contributed by atoms with Crippen molar-refractivity contribution in [1.82, 2.24) is 0 Å². The molecule has 0 fully saturated rings. The first-order chi connectivity index (χ1) is 5.52. The zero-order valence-electron chi connectivity index (χ0n) is 6.20. The van der Waals surface area contributed by atoms with E-state index in [0.29, 0.717) is 8.59 Å². The minimum Gasteiger partial charge on any atom is -0.294 e. The number of halogens is 3. The molecule has 4 heteroatoms. The predicted molar refractivity (Wildman–Crippen MR) is 54.1 cm³/mol. The number of hydrogen-bond acceptors (Lipinski definition) is 1. The summed E-state index contributed by atoms with van der Waals surface area (Å²) >= 11 is 7.52. The number of Topliss-reactive ketones (excluding diaryl/α,β-unsaturated/α-hetero) is 1. The van der Waals surface area contributed by atoms with E-state index in [0.717, 1.165) is 6.07 Å². The molecule has 0 heterocycles. The van der Waals surface area contributed by atoms with Gasteiger partial charge in [-0.2, -0.15) is 0 Å². The standard InChI is InChI=1S/C8H5ClFIO/c1-4(12)5-2-7(10)8(11)3-6(5)9/h2-3H,1H3. The fraction of sp³-hybridized carbons (Fsp3) is 0.125. The van der Waals surface area contributed by atoms with Gasteiger partial charge in [0.2, 0.25) is 0 Å². The van der Waals surface area contributed by atoms with Crippen LogP contribution in [0.4, 0.5) is 4.39 Å². The summed E-state index contributed by atoms with van der Waals surface area (Å²) in [6.45, 7) is 1.35. The fourth-order valence-electron chi connectivity index (χ4n) is 0.792. The van der Waals surface area contributed by atoms with Gasteiger partial charge in [0, 0.05) is 5.56 Å². The van der Waals surface area contributed by atoms with Crippen molar-refractivity contribution in [2.45, 2.75) is 6.92 Å². The Bertz CT molecular complexity index is 338. The molecular formula is C8H5ClFIO. The van der Waals surface area contributed by atoms with E-state index in [-0.39, 0.29) is 11.3 Å². The summed E-state index contributed by atoms with van der Waals surface area (Å²) in [4.78, 5) is 10.9. The highest BCUT2D eigenvalue weighted by Crippen LogP contribution is 2.22. The summed E-state index contributed by atoms with van der Waals surface area (Å²) in [5.41, 5.74) is 0.231. The first kappa shape index (κ1) is 9.92. The molecule has 0 radical (unpaired) electrons. The van der Waals surface area contributed by atoms with Crippen LogP contribution in [0.1, 0.15) is 17.3 Å². The van der Waals surface area contributed by atoms with E-state index in [2.05, 4.69) is 0 Å². The average Bonchev–Trinajstić information content (AvgIpc) is 1.96. The monoisotopic (exact) mass is 298 g/mol. The Morgan fingerprint density at radius 3 is 2.67 bits per heavy atom. The third-order valence-electron chi connectivity index (χ3n) is 1.39. The highest BCUT2D eigenvalue weighted by atomic mass is 127. The van der Waals surface area contributed by atoms with Gasteiger partial charge in [-0.15, -0.1) is 0 Å². The molecule has 1 nitrogen and oxygen atoms in total. The predicted octanol–water partition coefficient (Wildman–Crippen LogP) is 3.29. The van der Waals surface area contributed by atoms with Crippen LogP contribution in [-0.4, -0.2) is 5.78 Å². The van der Waals surface area contributed by atoms with Gasteiger partial charge >= 0.3 is 0 Å². The van der Waals surface area contributed by atoms with Crippen molar-refractivity contribution in [3.05, 3.63) is 32.1 Å². The summed E-state index contributed by atoms with van der Waals surface area (Å²) in [6, 6.07) is 2.60. The van der Waals surface area contributed by atoms with E-state index in [1.54, 1.807) is 0 Å². The number of rotatable bonds is 1. The average molecular weight is 298 g/mol. The molecule has 0 saturated heterocycles. The maximum Gasteiger partial charge on any atom is 0.161 e. The molecule has 0 unspecified atom stereocenters. The lowest BCUT2D eigenvalue weighted by Gasteiger charge is -2.01. The van der Waals surface area contributed by atoms with Crippen LogP contribution in [0.25, 0.3) is 0 Å². The van der Waals surface area contributed by atoms with Crippen LogP contribution in [0.2, 0.25) is 5.02 Å². The summed E-state index contributed by atoms with van der Waals surface area (Å²) in [5, 5.41) is 0.299. The zero-order valence-corrected chi connectivity index (χ0v) is 9.11. The van der Waals surface area contributed by atoms with Gasteiger partial charge in [-0.05, 0) is 41.6 Å². The van der Waals surface area contributed by atoms with E-state index >= 15 is 0 Å². The Labute approximate surface area is 88.1 Å². The van der Waals surface area contributed by atoms with Crippen LogP contribution in [0, 0.1) is 9.39 Å². The lowest BCUT2D eigenvalue weighted by Crippen LogP contribution is -1.96. The summed E-state index contributed by atoms with van der Waals surface area (Å²) < 4.78 is 13.3. The number of hydrogen-bond donors (Lipinski definition) is 0. The van der Waals surface area contributed by atoms with E-state index in [1.807, 2.05) is 22.6 Å². The van der Waals surface area contributed by atoms with Gasteiger partial charge in [0.1, 0.15) is 5.82 Å². The first-order valence-corrected chi connectivity index (χ1v) is 4.63. The van der Waals surface area contributed by atoms with Crippen LogP contribution < -0.4 is 0 Å². The molecule has 0 aliphatic rings. The molecule has 64 valence electrons. The smallest absolute Gasteiger partial charge is 0.161 e. The highest BCUT2D eigenvalue weighted by molar-refractivity contribution is 14.1. The van der Waals surface area contributed by atoms with Gasteiger partial charge < -0.3 is 0 Å². The molecular weight excluding hydrogens is 293 g/mol. The number of carbonyl (C=O) groups excluding carboxylic acids is 1. The minimum absolute atomic E-state index is 0.227. The molecule has 0 N–H and O–H groups in total. The quantitative estimate of drug-likeness (QED) is 0.442. The highest BCUT2D eigenvalue weighted by Gasteiger charge is 2.09. The van der Waals surface area contributed by atoms with Gasteiger partial charge in [0.15, 0.2) is 5.78 Å². The Kier molecular flexibility index (Phi) is 3.06. The Morgan fingerprint density at radius 2 is 2.17 bits per heavy atom. The molecule has 1 aromatic carbocycles. The topological polar surface area (TPSA) is 17.1 Å². The zero-order chi connectivity index (χ0) is 9.30. The molecule has 12 heavy (non-hydrogen) atoms. The lowest BCUT2D eigenvalue weighted by atomic mass is 10.1. The Balaban J connectivity index is 3.33. The molecule has 1 rings (SSSR count). The number of carbonyl (C=O) groups is 1. The first-order valence-electron chi connectivity index (χ1n) is 3.18. The molecule has 0 atom stereocenters. The third-order valence-corrected chi connectivity index (χ3v) is 2.53. The van der Waals surface area contributed by atoms with Gasteiger partial charge in [-0.3, -0.25) is 4.79 Å². The van der Waals surface area contributed by atoms with Crippen molar-refractivity contribution in [2.75, 3.05) is 0 Å². The third kappa shape index (κ3) is 1.95. The van der Waals surface area contributed by atoms with Crippen molar-refractivity contribution in [3.8, 4) is 0 Å². The second-order valence-electron chi connectivity index (χ2n) is 2.30. The Hall–Kier alpha value is -0.160. The van der Waals surface area contributed by atoms with Crippen molar-refractivity contribution in [2.24, 2.45) is 0 Å². The minimum atomic E-state index is -0.412. The van der Waals surface area contributed by atoms with E-state index in [4.69, 9.17) is 11.6 Å². The second-order valence-corrected chi connectivity index (χ2v) is 3.87. The molecule has 0 aliphatic carbocycles. The Morgan fingerprint density at radius 1 is 1.58 bits per heavy atom. The molecule has 0 amide bonds. The van der Waals surface area contributed by atoms with Crippen molar-refractivity contribution in [1.29, 1.82) is 0 Å². The molecule has 0 spiro atoms. The van der Waals surface area contributed by atoms with E-state index in [1.165, 1.54) is 13.0 Å². The maximum absolute atomic E-state index is 12.9. The normalized spacial score (nSPS) is 10.0. The van der Waals surface area contributed by atoms with E-state index < -0.39 is 5.82 Å². The van der Waals surface area contributed by atoms with Gasteiger partial charge in [-0.1, -0.05) is 11.6 Å². The van der Waals surface area contributed by atoms with Crippen molar-refractivity contribution in [3.63, 3.8) is 0 Å². The second kappa shape index (κ2) is 3.70. The van der Waals surface area contributed by atoms with Crippen LogP contribution >= 0.6 is 34.2 Å². The number of benzene rings is 1. The SMILES string of the molecule is CC(=O)c1cc(F)c(I)cc1Cl. The van der Waals surface area contributed by atoms with Crippen LogP contribution in [0.3, 0.4) is 0 Å². The van der Waals surface area contributed by atoms with Gasteiger partial charge in [-0.25, -0.2) is 4.39 Å². The summed E-state index contributed by atoms with van der Waals surface area (Å²) in [7, 11) is 0. The molecule has 1 aromatic rings. The fourth-order valence-corrected chi connectivity index (χ4v) is 1.74. The maximum atomic E-state index is 12.9. The number of ketones is 1. The molecule has 0 aromatic heterocycles. The molecule has 0 bridgehead atoms. The van der Waals surface area contributed by atoms with Crippen LogP contribution in [-0.2, 0) is 0 Å². The summed E-state index contributed by atoms with van der Waals surface area (Å²) in [6.07, 6.45) is 0. The lowest BCUT2D eigenvalue weighted by molar-refractivity contribution is 0.101. The molecule has 0 saturated carbocycles. The summed E-state index contributed by atoms with van der Waals surface area (Å²) in [5.74, 6) is -0.638. The van der Waals surface area contributed by atoms with Gasteiger partial charge in [0.05, 0.1) is 8.59 Å². The van der Waals surface area contributed by atoms with E-state index in [9.17, 15) is 9.18 Å².